The second kappa shape index (κ2) is 8.91. The number of nitrogens with one attached hydrogen (secondary N) is 2. The number of amides is 1. The lowest BCUT2D eigenvalue weighted by atomic mass is 10.2. The fourth-order valence-corrected chi connectivity index (χ4v) is 3.74. The zero-order chi connectivity index (χ0) is 21.7. The third-order valence-corrected chi connectivity index (χ3v) is 5.61. The van der Waals surface area contributed by atoms with Crippen molar-refractivity contribution in [2.24, 2.45) is 0 Å². The van der Waals surface area contributed by atoms with E-state index in [1.54, 1.807) is 24.3 Å². The molecule has 0 saturated heterocycles. The van der Waals surface area contributed by atoms with E-state index < -0.39 is 27.6 Å². The van der Waals surface area contributed by atoms with Crippen LogP contribution in [-0.2, 0) is 16.6 Å². The Morgan fingerprint density at radius 3 is 2.40 bits per heavy atom. The Morgan fingerprint density at radius 2 is 1.70 bits per heavy atom. The zero-order valence-corrected chi connectivity index (χ0v) is 16.7. The van der Waals surface area contributed by atoms with Crippen molar-refractivity contribution in [3.05, 3.63) is 89.5 Å². The summed E-state index contributed by atoms with van der Waals surface area (Å²) in [5.74, 6) is -1.44. The molecule has 0 aliphatic heterocycles. The fraction of sp³-hybridized carbons (Fsp3) is 0.0952. The van der Waals surface area contributed by atoms with Crippen molar-refractivity contribution < 1.29 is 26.7 Å². The van der Waals surface area contributed by atoms with E-state index in [1.807, 2.05) is 0 Å². The Morgan fingerprint density at radius 1 is 1.00 bits per heavy atom. The SMILES string of the molecule is COc1ccccc1NS(=O)(=O)c1ccc(C(=O)NCc2cc(F)ccc2F)cc1. The van der Waals surface area contributed by atoms with Gasteiger partial charge < -0.3 is 10.1 Å². The first-order valence-corrected chi connectivity index (χ1v) is 10.3. The summed E-state index contributed by atoms with van der Waals surface area (Å²) in [6.45, 7) is -0.210. The summed E-state index contributed by atoms with van der Waals surface area (Å²) in [4.78, 5) is 12.2. The van der Waals surface area contributed by atoms with E-state index in [4.69, 9.17) is 4.74 Å². The van der Waals surface area contributed by atoms with E-state index in [2.05, 4.69) is 10.0 Å². The number of anilines is 1. The van der Waals surface area contributed by atoms with Crippen LogP contribution in [0.2, 0.25) is 0 Å². The standard InChI is InChI=1S/C21H18F2N2O4S/c1-29-20-5-3-2-4-19(20)25-30(27,28)17-9-6-14(7-10-17)21(26)24-13-15-12-16(22)8-11-18(15)23/h2-12,25H,13H2,1H3,(H,24,26). The highest BCUT2D eigenvalue weighted by Gasteiger charge is 2.17. The number of sulfonamides is 1. The monoisotopic (exact) mass is 432 g/mol. The summed E-state index contributed by atoms with van der Waals surface area (Å²) in [5.41, 5.74) is 0.450. The largest absolute Gasteiger partial charge is 0.495 e. The molecule has 0 spiro atoms. The van der Waals surface area contributed by atoms with Gasteiger partial charge in [0.1, 0.15) is 17.4 Å². The molecule has 0 bridgehead atoms. The topological polar surface area (TPSA) is 84.5 Å². The van der Waals surface area contributed by atoms with Crippen molar-refractivity contribution in [3.8, 4) is 5.75 Å². The van der Waals surface area contributed by atoms with Gasteiger partial charge in [-0.05, 0) is 54.6 Å². The molecule has 0 unspecified atom stereocenters. The molecule has 9 heteroatoms. The number of carbonyl (C=O) groups is 1. The van der Waals surface area contributed by atoms with Crippen LogP contribution in [0.25, 0.3) is 0 Å². The lowest BCUT2D eigenvalue weighted by Crippen LogP contribution is -2.23. The normalized spacial score (nSPS) is 11.0. The highest BCUT2D eigenvalue weighted by atomic mass is 32.2. The van der Waals surface area contributed by atoms with Gasteiger partial charge in [-0.3, -0.25) is 9.52 Å². The third kappa shape index (κ3) is 4.93. The van der Waals surface area contributed by atoms with E-state index in [9.17, 15) is 22.0 Å². The molecule has 0 aliphatic carbocycles. The van der Waals surface area contributed by atoms with E-state index in [-0.39, 0.29) is 28.3 Å². The minimum atomic E-state index is -3.91. The first kappa shape index (κ1) is 21.3. The maximum absolute atomic E-state index is 13.6. The van der Waals surface area contributed by atoms with Crippen molar-refractivity contribution in [2.75, 3.05) is 11.8 Å². The average Bonchev–Trinajstić information content (AvgIpc) is 2.74. The first-order valence-electron chi connectivity index (χ1n) is 8.78. The van der Waals surface area contributed by atoms with Gasteiger partial charge in [0.15, 0.2) is 0 Å². The van der Waals surface area contributed by atoms with E-state index in [1.165, 1.54) is 31.4 Å². The third-order valence-electron chi connectivity index (χ3n) is 4.23. The minimum absolute atomic E-state index is 0.00329. The quantitative estimate of drug-likeness (QED) is 0.596. The molecule has 3 aromatic carbocycles. The van der Waals surface area contributed by atoms with Crippen molar-refractivity contribution in [1.82, 2.24) is 5.32 Å². The van der Waals surface area contributed by atoms with Gasteiger partial charge in [0, 0.05) is 17.7 Å². The minimum Gasteiger partial charge on any atom is -0.495 e. The van der Waals surface area contributed by atoms with Gasteiger partial charge in [-0.2, -0.15) is 0 Å². The molecule has 0 aliphatic rings. The summed E-state index contributed by atoms with van der Waals surface area (Å²) in [7, 11) is -2.48. The molecule has 30 heavy (non-hydrogen) atoms. The Hall–Kier alpha value is -3.46. The first-order chi connectivity index (χ1) is 14.3. The predicted octanol–water partition coefficient (Wildman–Crippen LogP) is 3.70. The van der Waals surface area contributed by atoms with Crippen molar-refractivity contribution in [1.29, 1.82) is 0 Å². The Labute approximate surface area is 172 Å². The fourth-order valence-electron chi connectivity index (χ4n) is 2.67. The van der Waals surface area contributed by atoms with E-state index in [0.717, 1.165) is 18.2 Å². The number of rotatable bonds is 7. The Kier molecular flexibility index (Phi) is 6.31. The Balaban J connectivity index is 1.70. The number of carbonyl (C=O) groups excluding carboxylic acids is 1. The zero-order valence-electron chi connectivity index (χ0n) is 15.9. The number of hydrogen-bond acceptors (Lipinski definition) is 4. The molecule has 0 radical (unpaired) electrons. The van der Waals surface area contributed by atoms with Crippen molar-refractivity contribution in [3.63, 3.8) is 0 Å². The van der Waals surface area contributed by atoms with Gasteiger partial charge >= 0.3 is 0 Å². The second-order valence-corrected chi connectivity index (χ2v) is 7.93. The smallest absolute Gasteiger partial charge is 0.262 e. The molecular weight excluding hydrogens is 414 g/mol. The van der Waals surface area contributed by atoms with E-state index >= 15 is 0 Å². The number of benzene rings is 3. The maximum atomic E-state index is 13.6. The molecule has 0 saturated carbocycles. The van der Waals surface area contributed by atoms with Crippen LogP contribution < -0.4 is 14.8 Å². The van der Waals surface area contributed by atoms with Gasteiger partial charge in [-0.1, -0.05) is 12.1 Å². The summed E-state index contributed by atoms with van der Waals surface area (Å²) < 4.78 is 59.6. The van der Waals surface area contributed by atoms with Crippen LogP contribution in [-0.4, -0.2) is 21.4 Å². The van der Waals surface area contributed by atoms with Crippen LogP contribution in [0, 0.1) is 11.6 Å². The molecule has 0 atom stereocenters. The second-order valence-electron chi connectivity index (χ2n) is 6.25. The van der Waals surface area contributed by atoms with Crippen LogP contribution in [0.15, 0.2) is 71.6 Å². The van der Waals surface area contributed by atoms with Gasteiger partial charge in [-0.15, -0.1) is 0 Å². The van der Waals surface area contributed by atoms with Crippen LogP contribution in [0.4, 0.5) is 14.5 Å². The van der Waals surface area contributed by atoms with Gasteiger partial charge in [0.05, 0.1) is 17.7 Å². The highest BCUT2D eigenvalue weighted by molar-refractivity contribution is 7.92. The van der Waals surface area contributed by atoms with Crippen LogP contribution >= 0.6 is 0 Å². The van der Waals surface area contributed by atoms with Crippen LogP contribution in [0.1, 0.15) is 15.9 Å². The maximum Gasteiger partial charge on any atom is 0.262 e. The highest BCUT2D eigenvalue weighted by Crippen LogP contribution is 2.26. The predicted molar refractivity (Wildman–Crippen MR) is 108 cm³/mol. The van der Waals surface area contributed by atoms with Crippen LogP contribution in [0.3, 0.4) is 0 Å². The number of hydrogen-bond donors (Lipinski definition) is 2. The average molecular weight is 432 g/mol. The number of methoxy groups -OCH3 is 1. The van der Waals surface area contributed by atoms with E-state index in [0.29, 0.717) is 5.75 Å². The lowest BCUT2D eigenvalue weighted by Gasteiger charge is -2.12. The van der Waals surface area contributed by atoms with Gasteiger partial charge in [-0.25, -0.2) is 17.2 Å². The molecule has 2 N–H and O–H groups in total. The molecule has 0 fully saturated rings. The van der Waals surface area contributed by atoms with Crippen molar-refractivity contribution in [2.45, 2.75) is 11.4 Å². The van der Waals surface area contributed by atoms with Gasteiger partial charge in [0.2, 0.25) is 0 Å². The number of ether oxygens (including phenoxy) is 1. The molecule has 6 nitrogen and oxygen atoms in total. The summed E-state index contributed by atoms with van der Waals surface area (Å²) in [5, 5.41) is 2.47. The molecule has 0 heterocycles. The molecule has 1 amide bonds. The Bertz CT molecular complexity index is 1170. The molecule has 3 rings (SSSR count). The lowest BCUT2D eigenvalue weighted by molar-refractivity contribution is 0.0950. The van der Waals surface area contributed by atoms with Gasteiger partial charge in [0.25, 0.3) is 15.9 Å². The summed E-state index contributed by atoms with van der Waals surface area (Å²) in [6, 6.07) is 14.7. The molecular formula is C21H18F2N2O4S. The molecule has 3 aromatic rings. The van der Waals surface area contributed by atoms with Crippen LogP contribution in [0.5, 0.6) is 5.75 Å². The number of para-hydroxylation sites is 2. The molecule has 0 aromatic heterocycles. The number of halogens is 2. The summed E-state index contributed by atoms with van der Waals surface area (Å²) >= 11 is 0. The van der Waals surface area contributed by atoms with Crippen molar-refractivity contribution >= 4 is 21.6 Å². The molecule has 156 valence electrons. The summed E-state index contributed by atoms with van der Waals surface area (Å²) in [6.07, 6.45) is 0.